The topological polar surface area (TPSA) is 50.4 Å². The Morgan fingerprint density at radius 3 is 2.62 bits per heavy atom. The van der Waals surface area contributed by atoms with Crippen LogP contribution in [0.2, 0.25) is 0 Å². The van der Waals surface area contributed by atoms with Crippen LogP contribution in [0.4, 0.5) is 0 Å². The van der Waals surface area contributed by atoms with E-state index in [0.717, 1.165) is 51.7 Å². The number of fused-ring (bicyclic) bond motifs is 1. The van der Waals surface area contributed by atoms with Gasteiger partial charge in [0.2, 0.25) is 5.91 Å². The summed E-state index contributed by atoms with van der Waals surface area (Å²) in [5.41, 5.74) is 2.51. The Bertz CT molecular complexity index is 575. The van der Waals surface area contributed by atoms with E-state index in [1.807, 2.05) is 0 Å². The Labute approximate surface area is 145 Å². The zero-order chi connectivity index (χ0) is 17.0. The molecule has 1 aliphatic carbocycles. The fourth-order valence-corrected chi connectivity index (χ4v) is 4.20. The SMILES string of the molecule is COCC1(CNC(=O)C2(C)CCc3ccccc3C2)CCNCC1. The Balaban J connectivity index is 1.64. The molecule has 1 fully saturated rings. The second kappa shape index (κ2) is 7.24. The van der Waals surface area contributed by atoms with Gasteiger partial charge in [0.05, 0.1) is 12.0 Å². The van der Waals surface area contributed by atoms with Gasteiger partial charge in [-0.2, -0.15) is 0 Å². The van der Waals surface area contributed by atoms with Gasteiger partial charge >= 0.3 is 0 Å². The molecule has 1 aliphatic heterocycles. The summed E-state index contributed by atoms with van der Waals surface area (Å²) in [5, 5.41) is 6.67. The number of ether oxygens (including phenoxy) is 1. The molecule has 1 aromatic carbocycles. The highest BCUT2D eigenvalue weighted by atomic mass is 16.5. The number of hydrogen-bond donors (Lipinski definition) is 2. The Morgan fingerprint density at radius 1 is 1.21 bits per heavy atom. The van der Waals surface area contributed by atoms with Crippen LogP contribution in [0.15, 0.2) is 24.3 Å². The number of rotatable bonds is 5. The van der Waals surface area contributed by atoms with Gasteiger partial charge in [0, 0.05) is 19.1 Å². The molecule has 1 atom stereocenters. The van der Waals surface area contributed by atoms with E-state index >= 15 is 0 Å². The van der Waals surface area contributed by atoms with Crippen LogP contribution in [-0.4, -0.2) is 39.3 Å². The van der Waals surface area contributed by atoms with Gasteiger partial charge in [-0.15, -0.1) is 0 Å². The third-order valence-electron chi connectivity index (χ3n) is 5.93. The fraction of sp³-hybridized carbons (Fsp3) is 0.650. The molecule has 2 aliphatic rings. The highest BCUT2D eigenvalue weighted by molar-refractivity contribution is 5.83. The van der Waals surface area contributed by atoms with Crippen molar-refractivity contribution in [3.8, 4) is 0 Å². The number of carbonyl (C=O) groups excluding carboxylic acids is 1. The summed E-state index contributed by atoms with van der Waals surface area (Å²) < 4.78 is 5.45. The van der Waals surface area contributed by atoms with Crippen molar-refractivity contribution < 1.29 is 9.53 Å². The first kappa shape index (κ1) is 17.4. The van der Waals surface area contributed by atoms with Crippen molar-refractivity contribution in [2.75, 3.05) is 33.4 Å². The first-order valence-corrected chi connectivity index (χ1v) is 9.12. The zero-order valence-corrected chi connectivity index (χ0v) is 15.0. The lowest BCUT2D eigenvalue weighted by Gasteiger charge is -2.39. The third-order valence-corrected chi connectivity index (χ3v) is 5.93. The molecule has 0 radical (unpaired) electrons. The van der Waals surface area contributed by atoms with Gasteiger partial charge in [0.1, 0.15) is 0 Å². The van der Waals surface area contributed by atoms with Gasteiger partial charge in [0.15, 0.2) is 0 Å². The van der Waals surface area contributed by atoms with Crippen molar-refractivity contribution >= 4 is 5.91 Å². The Morgan fingerprint density at radius 2 is 1.92 bits per heavy atom. The van der Waals surface area contributed by atoms with Crippen molar-refractivity contribution in [1.82, 2.24) is 10.6 Å². The number of methoxy groups -OCH3 is 1. The Hall–Kier alpha value is -1.39. The molecule has 1 saturated heterocycles. The maximum absolute atomic E-state index is 13.0. The van der Waals surface area contributed by atoms with E-state index in [9.17, 15) is 4.79 Å². The number of hydrogen-bond acceptors (Lipinski definition) is 3. The number of carbonyl (C=O) groups is 1. The van der Waals surface area contributed by atoms with Crippen molar-refractivity contribution in [2.24, 2.45) is 10.8 Å². The van der Waals surface area contributed by atoms with Gasteiger partial charge in [0.25, 0.3) is 0 Å². The third kappa shape index (κ3) is 3.65. The molecule has 0 spiro atoms. The van der Waals surface area contributed by atoms with Crippen LogP contribution in [0, 0.1) is 10.8 Å². The quantitative estimate of drug-likeness (QED) is 0.871. The summed E-state index contributed by atoms with van der Waals surface area (Å²) >= 11 is 0. The minimum Gasteiger partial charge on any atom is -0.384 e. The van der Waals surface area contributed by atoms with Crippen LogP contribution in [0.5, 0.6) is 0 Å². The molecule has 4 nitrogen and oxygen atoms in total. The fourth-order valence-electron chi connectivity index (χ4n) is 4.20. The average molecular weight is 330 g/mol. The molecule has 0 bridgehead atoms. The zero-order valence-electron chi connectivity index (χ0n) is 15.0. The molecule has 2 N–H and O–H groups in total. The molecular weight excluding hydrogens is 300 g/mol. The monoisotopic (exact) mass is 330 g/mol. The lowest BCUT2D eigenvalue weighted by Crippen LogP contribution is -2.50. The molecule has 1 amide bonds. The van der Waals surface area contributed by atoms with Crippen LogP contribution in [0.1, 0.15) is 37.3 Å². The van der Waals surface area contributed by atoms with E-state index in [1.165, 1.54) is 11.1 Å². The van der Waals surface area contributed by atoms with Crippen LogP contribution in [-0.2, 0) is 22.4 Å². The molecule has 4 heteroatoms. The van der Waals surface area contributed by atoms with Gasteiger partial charge in [-0.25, -0.2) is 0 Å². The second-order valence-corrected chi connectivity index (χ2v) is 7.87. The standard InChI is InChI=1S/C20H30N2O2/c1-19(8-7-16-5-3-4-6-17(16)13-19)18(23)22-14-20(15-24-2)9-11-21-12-10-20/h3-6,21H,7-15H2,1-2H3,(H,22,23). The molecule has 132 valence electrons. The minimum atomic E-state index is -0.296. The molecule has 24 heavy (non-hydrogen) atoms. The maximum atomic E-state index is 13.0. The van der Waals surface area contributed by atoms with E-state index in [2.05, 4.69) is 41.8 Å². The van der Waals surface area contributed by atoms with Crippen molar-refractivity contribution in [3.05, 3.63) is 35.4 Å². The van der Waals surface area contributed by atoms with Gasteiger partial charge in [-0.3, -0.25) is 4.79 Å². The second-order valence-electron chi connectivity index (χ2n) is 7.87. The van der Waals surface area contributed by atoms with Crippen LogP contribution in [0.3, 0.4) is 0 Å². The van der Waals surface area contributed by atoms with E-state index in [1.54, 1.807) is 7.11 Å². The van der Waals surface area contributed by atoms with Crippen LogP contribution in [0.25, 0.3) is 0 Å². The van der Waals surface area contributed by atoms with Crippen LogP contribution >= 0.6 is 0 Å². The van der Waals surface area contributed by atoms with Crippen molar-refractivity contribution in [2.45, 2.75) is 39.0 Å². The number of piperidine rings is 1. The highest BCUT2D eigenvalue weighted by Gasteiger charge is 2.39. The molecular formula is C20H30N2O2. The summed E-state index contributed by atoms with van der Waals surface area (Å²) in [6, 6.07) is 8.52. The average Bonchev–Trinajstić information content (AvgIpc) is 2.60. The molecule has 1 heterocycles. The predicted molar refractivity (Wildman–Crippen MR) is 96.0 cm³/mol. The number of aryl methyl sites for hydroxylation is 1. The van der Waals surface area contributed by atoms with Gasteiger partial charge in [-0.05, 0) is 56.3 Å². The molecule has 0 aromatic heterocycles. The van der Waals surface area contributed by atoms with Crippen molar-refractivity contribution in [3.63, 3.8) is 0 Å². The summed E-state index contributed by atoms with van der Waals surface area (Å²) in [6.07, 6.45) is 4.87. The predicted octanol–water partition coefficient (Wildman–Crippen LogP) is 2.31. The molecule has 0 saturated carbocycles. The normalized spacial score (nSPS) is 25.8. The number of amides is 1. The van der Waals surface area contributed by atoms with Gasteiger partial charge < -0.3 is 15.4 Å². The van der Waals surface area contributed by atoms with E-state index in [-0.39, 0.29) is 16.7 Å². The lowest BCUT2D eigenvalue weighted by molar-refractivity contribution is -0.131. The summed E-state index contributed by atoms with van der Waals surface area (Å²) in [6.45, 7) is 5.56. The van der Waals surface area contributed by atoms with E-state index < -0.39 is 0 Å². The first-order valence-electron chi connectivity index (χ1n) is 9.12. The number of benzene rings is 1. The molecule has 1 aromatic rings. The number of nitrogens with one attached hydrogen (secondary N) is 2. The summed E-state index contributed by atoms with van der Waals surface area (Å²) in [5.74, 6) is 0.200. The minimum absolute atomic E-state index is 0.0819. The lowest BCUT2D eigenvalue weighted by atomic mass is 9.72. The largest absolute Gasteiger partial charge is 0.384 e. The Kier molecular flexibility index (Phi) is 5.26. The maximum Gasteiger partial charge on any atom is 0.226 e. The first-order chi connectivity index (χ1) is 11.6. The summed E-state index contributed by atoms with van der Waals surface area (Å²) in [4.78, 5) is 13.0. The van der Waals surface area contributed by atoms with Crippen LogP contribution < -0.4 is 10.6 Å². The molecule has 1 unspecified atom stereocenters. The van der Waals surface area contributed by atoms with Gasteiger partial charge in [-0.1, -0.05) is 31.2 Å². The van der Waals surface area contributed by atoms with Crippen molar-refractivity contribution in [1.29, 1.82) is 0 Å². The highest BCUT2D eigenvalue weighted by Crippen LogP contribution is 2.36. The van der Waals surface area contributed by atoms with E-state index in [0.29, 0.717) is 6.61 Å². The van der Waals surface area contributed by atoms with E-state index in [4.69, 9.17) is 4.74 Å². The summed E-state index contributed by atoms with van der Waals surface area (Å²) in [7, 11) is 1.75. The molecule has 3 rings (SSSR count). The smallest absolute Gasteiger partial charge is 0.226 e.